The van der Waals surface area contributed by atoms with E-state index >= 15 is 0 Å². The topological polar surface area (TPSA) is 112 Å². The summed E-state index contributed by atoms with van der Waals surface area (Å²) in [6, 6.07) is 7.22. The molecular formula is C17H15FN2O5. The van der Waals surface area contributed by atoms with Crippen LogP contribution in [0.2, 0.25) is 0 Å². The van der Waals surface area contributed by atoms with Gasteiger partial charge in [-0.2, -0.15) is 5.26 Å². The van der Waals surface area contributed by atoms with Crippen molar-refractivity contribution in [2.75, 3.05) is 14.2 Å². The molecule has 1 aliphatic heterocycles. The molecule has 0 aliphatic carbocycles. The number of hydrogen-bond acceptors (Lipinski definition) is 7. The summed E-state index contributed by atoms with van der Waals surface area (Å²) in [5.41, 5.74) is 5.88. The number of benzene rings is 1. The summed E-state index contributed by atoms with van der Waals surface area (Å²) >= 11 is 0. The minimum absolute atomic E-state index is 0.0837. The van der Waals surface area contributed by atoms with Gasteiger partial charge in [-0.1, -0.05) is 12.1 Å². The van der Waals surface area contributed by atoms with Crippen LogP contribution >= 0.6 is 0 Å². The molecule has 1 aromatic carbocycles. The Balaban J connectivity index is 2.69. The smallest absolute Gasteiger partial charge is 0.338 e. The Kier molecular flexibility index (Phi) is 5.39. The fourth-order valence-corrected chi connectivity index (χ4v) is 2.51. The first-order valence-corrected chi connectivity index (χ1v) is 7.14. The highest BCUT2D eigenvalue weighted by atomic mass is 19.1. The number of esters is 2. The van der Waals surface area contributed by atoms with Crippen LogP contribution in [0, 0.1) is 17.1 Å². The zero-order valence-electron chi connectivity index (χ0n) is 13.5. The van der Waals surface area contributed by atoms with Gasteiger partial charge in [0.1, 0.15) is 29.6 Å². The van der Waals surface area contributed by atoms with Crippen molar-refractivity contribution in [2.45, 2.75) is 12.3 Å². The van der Waals surface area contributed by atoms with Crippen LogP contribution in [0.1, 0.15) is 17.9 Å². The number of rotatable bonds is 4. The monoisotopic (exact) mass is 346 g/mol. The lowest BCUT2D eigenvalue weighted by molar-refractivity contribution is -0.140. The maximum atomic E-state index is 13.7. The molecule has 0 unspecified atom stereocenters. The lowest BCUT2D eigenvalue weighted by Crippen LogP contribution is -2.27. The van der Waals surface area contributed by atoms with Crippen molar-refractivity contribution in [3.05, 3.63) is 58.4 Å². The Bertz CT molecular complexity index is 823. The van der Waals surface area contributed by atoms with Crippen LogP contribution in [0.15, 0.2) is 47.1 Å². The molecule has 1 aliphatic rings. The second kappa shape index (κ2) is 7.49. The number of nitrogens with two attached hydrogens (primary N) is 1. The Morgan fingerprint density at radius 1 is 1.36 bits per heavy atom. The number of nitriles is 1. The van der Waals surface area contributed by atoms with Gasteiger partial charge in [0.15, 0.2) is 0 Å². The summed E-state index contributed by atoms with van der Waals surface area (Å²) < 4.78 is 28.3. The van der Waals surface area contributed by atoms with Gasteiger partial charge in [0, 0.05) is 0 Å². The molecule has 7 nitrogen and oxygen atoms in total. The molecule has 0 bridgehead atoms. The first-order chi connectivity index (χ1) is 11.9. The summed E-state index contributed by atoms with van der Waals surface area (Å²) in [5.74, 6) is -3.47. The predicted octanol–water partition coefficient (Wildman–Crippen LogP) is 1.62. The van der Waals surface area contributed by atoms with E-state index in [0.717, 1.165) is 7.11 Å². The summed E-state index contributed by atoms with van der Waals surface area (Å²) in [4.78, 5) is 23.9. The van der Waals surface area contributed by atoms with Gasteiger partial charge in [-0.3, -0.25) is 4.79 Å². The number of hydrogen-bond donors (Lipinski definition) is 1. The Labute approximate surface area is 143 Å². The van der Waals surface area contributed by atoms with Crippen molar-refractivity contribution in [2.24, 2.45) is 5.73 Å². The van der Waals surface area contributed by atoms with E-state index in [1.165, 1.54) is 31.4 Å². The van der Waals surface area contributed by atoms with E-state index in [9.17, 15) is 19.2 Å². The zero-order valence-corrected chi connectivity index (χ0v) is 13.5. The zero-order chi connectivity index (χ0) is 18.6. The van der Waals surface area contributed by atoms with Crippen molar-refractivity contribution in [3.8, 4) is 6.07 Å². The van der Waals surface area contributed by atoms with Gasteiger partial charge in [0.05, 0.1) is 25.7 Å². The summed E-state index contributed by atoms with van der Waals surface area (Å²) in [7, 11) is 2.31. The van der Waals surface area contributed by atoms with E-state index in [2.05, 4.69) is 4.74 Å². The molecule has 0 saturated carbocycles. The second-order valence-corrected chi connectivity index (χ2v) is 5.06. The average molecular weight is 346 g/mol. The third-order valence-corrected chi connectivity index (χ3v) is 3.62. The predicted molar refractivity (Wildman–Crippen MR) is 82.7 cm³/mol. The molecule has 2 N–H and O–H groups in total. The van der Waals surface area contributed by atoms with Gasteiger partial charge in [-0.05, 0) is 17.7 Å². The molecule has 0 saturated heterocycles. The maximum absolute atomic E-state index is 13.7. The summed E-state index contributed by atoms with van der Waals surface area (Å²) in [6.07, 6.45) is -0.397. The quantitative estimate of drug-likeness (QED) is 0.825. The maximum Gasteiger partial charge on any atom is 0.338 e. The standard InChI is InChI=1S/C17H15FN2O5/c1-23-13(21)7-12-15(17(22)24-2)14(11(8-19)16(20)25-12)9-4-3-5-10(18)6-9/h3-6,14H,7,20H2,1-2H3/t14-/m1/s1. The lowest BCUT2D eigenvalue weighted by Gasteiger charge is -2.27. The van der Waals surface area contributed by atoms with Crippen LogP contribution in [0.4, 0.5) is 4.39 Å². The largest absolute Gasteiger partial charge is 0.469 e. The van der Waals surface area contributed by atoms with Gasteiger partial charge < -0.3 is 19.9 Å². The number of allylic oxidation sites excluding steroid dienone is 1. The van der Waals surface area contributed by atoms with E-state index in [0.29, 0.717) is 5.56 Å². The fraction of sp³-hybridized carbons (Fsp3) is 0.235. The van der Waals surface area contributed by atoms with Crippen LogP contribution in [0.3, 0.4) is 0 Å². The molecule has 130 valence electrons. The number of ether oxygens (including phenoxy) is 3. The number of methoxy groups -OCH3 is 2. The van der Waals surface area contributed by atoms with Crippen molar-refractivity contribution in [3.63, 3.8) is 0 Å². The van der Waals surface area contributed by atoms with Crippen LogP contribution < -0.4 is 5.73 Å². The molecular weight excluding hydrogens is 331 g/mol. The SMILES string of the molecule is COC(=O)CC1=C(C(=O)OC)[C@H](c2cccc(F)c2)C(C#N)=C(N)O1. The third-order valence-electron chi connectivity index (χ3n) is 3.62. The minimum atomic E-state index is -1.03. The van der Waals surface area contributed by atoms with Crippen LogP contribution in [-0.4, -0.2) is 26.2 Å². The van der Waals surface area contributed by atoms with Gasteiger partial charge in [-0.15, -0.1) is 0 Å². The van der Waals surface area contributed by atoms with Crippen molar-refractivity contribution in [1.82, 2.24) is 0 Å². The third kappa shape index (κ3) is 3.61. The molecule has 1 heterocycles. The van der Waals surface area contributed by atoms with Gasteiger partial charge >= 0.3 is 11.9 Å². The average Bonchev–Trinajstić information content (AvgIpc) is 2.60. The molecule has 0 amide bonds. The fourth-order valence-electron chi connectivity index (χ4n) is 2.51. The van der Waals surface area contributed by atoms with Crippen molar-refractivity contribution >= 4 is 11.9 Å². The van der Waals surface area contributed by atoms with Crippen molar-refractivity contribution < 1.29 is 28.2 Å². The molecule has 25 heavy (non-hydrogen) atoms. The van der Waals surface area contributed by atoms with E-state index in [1.807, 2.05) is 6.07 Å². The number of halogens is 1. The van der Waals surface area contributed by atoms with Crippen LogP contribution in [-0.2, 0) is 23.8 Å². The van der Waals surface area contributed by atoms with Crippen molar-refractivity contribution in [1.29, 1.82) is 5.26 Å². The normalized spacial score (nSPS) is 16.8. The van der Waals surface area contributed by atoms with Gasteiger partial charge in [-0.25, -0.2) is 9.18 Å². The Morgan fingerprint density at radius 2 is 2.08 bits per heavy atom. The van der Waals surface area contributed by atoms with Crippen LogP contribution in [0.25, 0.3) is 0 Å². The van der Waals surface area contributed by atoms with Gasteiger partial charge in [0.25, 0.3) is 0 Å². The highest BCUT2D eigenvalue weighted by Gasteiger charge is 2.38. The van der Waals surface area contributed by atoms with Gasteiger partial charge in [0.2, 0.25) is 5.88 Å². The second-order valence-electron chi connectivity index (χ2n) is 5.06. The van der Waals surface area contributed by atoms with E-state index < -0.39 is 30.1 Å². The first kappa shape index (κ1) is 18.0. The van der Waals surface area contributed by atoms with Crippen LogP contribution in [0.5, 0.6) is 0 Å². The summed E-state index contributed by atoms with van der Waals surface area (Å²) in [5, 5.41) is 9.42. The Hall–Kier alpha value is -3.34. The summed E-state index contributed by atoms with van der Waals surface area (Å²) in [6.45, 7) is 0. The van der Waals surface area contributed by atoms with E-state index in [4.69, 9.17) is 15.2 Å². The highest BCUT2D eigenvalue weighted by Crippen LogP contribution is 2.40. The molecule has 2 rings (SSSR count). The molecule has 0 radical (unpaired) electrons. The molecule has 0 aromatic heterocycles. The molecule has 8 heteroatoms. The molecule has 1 aromatic rings. The minimum Gasteiger partial charge on any atom is -0.469 e. The van der Waals surface area contributed by atoms with E-state index in [-0.39, 0.29) is 22.8 Å². The first-order valence-electron chi connectivity index (χ1n) is 7.14. The Morgan fingerprint density at radius 3 is 2.64 bits per heavy atom. The number of nitrogens with zero attached hydrogens (tertiary/aromatic N) is 1. The van der Waals surface area contributed by atoms with E-state index in [1.54, 1.807) is 0 Å². The molecule has 1 atom stereocenters. The number of carbonyl (C=O) groups excluding carboxylic acids is 2. The number of carbonyl (C=O) groups is 2. The lowest BCUT2D eigenvalue weighted by atomic mass is 9.82. The highest BCUT2D eigenvalue weighted by molar-refractivity contribution is 5.93. The molecule has 0 spiro atoms. The molecule has 0 fully saturated rings.